The van der Waals surface area contributed by atoms with Crippen LogP contribution in [0, 0.1) is 5.92 Å². The van der Waals surface area contributed by atoms with Gasteiger partial charge in [-0.2, -0.15) is 0 Å². The van der Waals surface area contributed by atoms with E-state index in [1.165, 1.54) is 70.6 Å². The minimum atomic E-state index is 0.846. The van der Waals surface area contributed by atoms with E-state index in [9.17, 15) is 0 Å². The quantitative estimate of drug-likeness (QED) is 0.501. The van der Waals surface area contributed by atoms with Crippen LogP contribution < -0.4 is 0 Å². The lowest BCUT2D eigenvalue weighted by molar-refractivity contribution is 0.483. The summed E-state index contributed by atoms with van der Waals surface area (Å²) in [4.78, 5) is 0. The summed E-state index contributed by atoms with van der Waals surface area (Å²) in [6.07, 6.45) is 15.1. The summed E-state index contributed by atoms with van der Waals surface area (Å²) in [5, 5.41) is 0. The third-order valence-corrected chi connectivity index (χ3v) is 4.80. The number of unbranched alkanes of at least 4 members (excludes halogenated alkanes) is 4. The largest absolute Gasteiger partial charge is 0.0654 e. The molecule has 1 aliphatic carbocycles. The van der Waals surface area contributed by atoms with Crippen molar-refractivity contribution in [3.8, 4) is 0 Å². The first kappa shape index (κ1) is 15.6. The van der Waals surface area contributed by atoms with E-state index < -0.39 is 0 Å². The van der Waals surface area contributed by atoms with Gasteiger partial charge in [0.15, 0.2) is 0 Å². The summed E-state index contributed by atoms with van der Waals surface area (Å²) >= 11 is 0. The molecule has 0 heteroatoms. The molecule has 0 unspecified atom stereocenters. The number of hydrogen-bond donors (Lipinski definition) is 0. The van der Waals surface area contributed by atoms with Crippen molar-refractivity contribution in [1.82, 2.24) is 0 Å². The fourth-order valence-corrected chi connectivity index (χ4v) is 3.51. The Morgan fingerprint density at radius 2 is 1.70 bits per heavy atom. The normalized spacial score (nSPS) is 15.9. The Morgan fingerprint density at radius 3 is 2.50 bits per heavy atom. The van der Waals surface area contributed by atoms with Crippen LogP contribution in [0.4, 0.5) is 0 Å². The van der Waals surface area contributed by atoms with Gasteiger partial charge in [0.05, 0.1) is 0 Å². The zero-order valence-corrected chi connectivity index (χ0v) is 13.6. The average Bonchev–Trinajstić information content (AvgIpc) is 2.47. The Bertz CT molecular complexity index is 391. The molecule has 0 saturated heterocycles. The Balaban J connectivity index is 1.75. The maximum absolute atomic E-state index is 2.50. The molecule has 0 heterocycles. The average molecular weight is 272 g/mol. The van der Waals surface area contributed by atoms with Crippen LogP contribution in [0.3, 0.4) is 0 Å². The van der Waals surface area contributed by atoms with Crippen molar-refractivity contribution in [2.45, 2.75) is 84.5 Å². The Morgan fingerprint density at radius 1 is 0.950 bits per heavy atom. The molecule has 1 aromatic carbocycles. The molecule has 112 valence electrons. The van der Waals surface area contributed by atoms with Gasteiger partial charge in [0.1, 0.15) is 0 Å². The van der Waals surface area contributed by atoms with E-state index in [1.54, 1.807) is 16.7 Å². The van der Waals surface area contributed by atoms with E-state index in [1.807, 2.05) is 0 Å². The SMILES string of the molecule is CCCCCCC[C@@H](C)Cc1ccc2c(c1)CCCC2. The summed E-state index contributed by atoms with van der Waals surface area (Å²) in [5.74, 6) is 0.846. The van der Waals surface area contributed by atoms with Gasteiger partial charge >= 0.3 is 0 Å². The summed E-state index contributed by atoms with van der Waals surface area (Å²) in [7, 11) is 0. The van der Waals surface area contributed by atoms with Crippen LogP contribution in [0.1, 0.15) is 81.9 Å². The zero-order valence-electron chi connectivity index (χ0n) is 13.6. The Kier molecular flexibility index (Phi) is 6.63. The highest BCUT2D eigenvalue weighted by molar-refractivity contribution is 5.34. The molecule has 1 atom stereocenters. The second-order valence-corrected chi connectivity index (χ2v) is 6.82. The summed E-state index contributed by atoms with van der Waals surface area (Å²) in [5.41, 5.74) is 4.84. The summed E-state index contributed by atoms with van der Waals surface area (Å²) in [6, 6.07) is 7.29. The standard InChI is InChI=1S/C20H32/c1-3-4-5-6-7-10-17(2)15-18-13-14-19-11-8-9-12-20(19)16-18/h13-14,16-17H,3-12,15H2,1-2H3/t17-/m1/s1. The third-order valence-electron chi connectivity index (χ3n) is 4.80. The zero-order chi connectivity index (χ0) is 14.2. The van der Waals surface area contributed by atoms with Crippen LogP contribution in [0.5, 0.6) is 0 Å². The maximum atomic E-state index is 2.50. The first-order valence-electron chi connectivity index (χ1n) is 8.90. The molecule has 2 rings (SSSR count). The molecule has 0 aliphatic heterocycles. The van der Waals surface area contributed by atoms with E-state index in [2.05, 4.69) is 32.0 Å². The van der Waals surface area contributed by atoms with E-state index in [0.29, 0.717) is 0 Å². The van der Waals surface area contributed by atoms with Gasteiger partial charge in [-0.05, 0) is 54.7 Å². The van der Waals surface area contributed by atoms with Gasteiger partial charge in [-0.1, -0.05) is 70.6 Å². The molecule has 0 radical (unpaired) electrons. The number of aryl methyl sites for hydroxylation is 2. The van der Waals surface area contributed by atoms with Crippen molar-refractivity contribution < 1.29 is 0 Å². The van der Waals surface area contributed by atoms with Crippen LogP contribution in [0.15, 0.2) is 18.2 Å². The van der Waals surface area contributed by atoms with Gasteiger partial charge < -0.3 is 0 Å². The molecule has 0 nitrogen and oxygen atoms in total. The predicted octanol–water partition coefficient (Wildman–Crippen LogP) is 6.10. The molecular formula is C20H32. The van der Waals surface area contributed by atoms with Crippen LogP contribution in [-0.4, -0.2) is 0 Å². The molecule has 1 aromatic rings. The van der Waals surface area contributed by atoms with Crippen LogP contribution in [0.25, 0.3) is 0 Å². The smallest absolute Gasteiger partial charge is 0.0253 e. The van der Waals surface area contributed by atoms with Crippen molar-refractivity contribution in [1.29, 1.82) is 0 Å². The lowest BCUT2D eigenvalue weighted by Crippen LogP contribution is -2.05. The second-order valence-electron chi connectivity index (χ2n) is 6.82. The molecule has 1 aliphatic rings. The molecule has 0 spiro atoms. The first-order chi connectivity index (χ1) is 9.79. The molecule has 0 N–H and O–H groups in total. The number of fused-ring (bicyclic) bond motifs is 1. The molecule has 0 fully saturated rings. The van der Waals surface area contributed by atoms with Gasteiger partial charge in [0.2, 0.25) is 0 Å². The number of benzene rings is 1. The molecule has 0 amide bonds. The highest BCUT2D eigenvalue weighted by Gasteiger charge is 2.10. The molecular weight excluding hydrogens is 240 g/mol. The lowest BCUT2D eigenvalue weighted by Gasteiger charge is -2.18. The molecule has 0 saturated carbocycles. The monoisotopic (exact) mass is 272 g/mol. The molecule has 0 aromatic heterocycles. The minimum absolute atomic E-state index is 0.846. The van der Waals surface area contributed by atoms with Crippen molar-refractivity contribution in [2.75, 3.05) is 0 Å². The number of rotatable bonds is 8. The van der Waals surface area contributed by atoms with Crippen molar-refractivity contribution in [3.05, 3.63) is 34.9 Å². The Hall–Kier alpha value is -0.780. The van der Waals surface area contributed by atoms with E-state index in [-0.39, 0.29) is 0 Å². The fourth-order valence-electron chi connectivity index (χ4n) is 3.51. The van der Waals surface area contributed by atoms with Gasteiger partial charge in [-0.3, -0.25) is 0 Å². The fraction of sp³-hybridized carbons (Fsp3) is 0.700. The topological polar surface area (TPSA) is 0 Å². The van der Waals surface area contributed by atoms with Gasteiger partial charge in [-0.15, -0.1) is 0 Å². The maximum Gasteiger partial charge on any atom is -0.0253 e. The van der Waals surface area contributed by atoms with Gasteiger partial charge in [-0.25, -0.2) is 0 Å². The number of hydrogen-bond acceptors (Lipinski definition) is 0. The van der Waals surface area contributed by atoms with E-state index in [0.717, 1.165) is 5.92 Å². The van der Waals surface area contributed by atoms with E-state index in [4.69, 9.17) is 0 Å². The van der Waals surface area contributed by atoms with Crippen molar-refractivity contribution in [2.24, 2.45) is 5.92 Å². The highest BCUT2D eigenvalue weighted by Crippen LogP contribution is 2.24. The van der Waals surface area contributed by atoms with Crippen molar-refractivity contribution >= 4 is 0 Å². The Labute approximate surface area is 126 Å². The van der Waals surface area contributed by atoms with Crippen LogP contribution in [-0.2, 0) is 19.3 Å². The third kappa shape index (κ3) is 4.96. The summed E-state index contributed by atoms with van der Waals surface area (Å²) < 4.78 is 0. The minimum Gasteiger partial charge on any atom is -0.0654 e. The summed E-state index contributed by atoms with van der Waals surface area (Å²) in [6.45, 7) is 4.72. The van der Waals surface area contributed by atoms with Crippen molar-refractivity contribution in [3.63, 3.8) is 0 Å². The van der Waals surface area contributed by atoms with Crippen LogP contribution >= 0.6 is 0 Å². The molecule has 20 heavy (non-hydrogen) atoms. The van der Waals surface area contributed by atoms with Crippen LogP contribution in [0.2, 0.25) is 0 Å². The molecule has 0 bridgehead atoms. The second kappa shape index (κ2) is 8.49. The lowest BCUT2D eigenvalue weighted by atomic mass is 9.88. The first-order valence-corrected chi connectivity index (χ1v) is 8.90. The predicted molar refractivity (Wildman–Crippen MR) is 89.3 cm³/mol. The van der Waals surface area contributed by atoms with Gasteiger partial charge in [0, 0.05) is 0 Å². The van der Waals surface area contributed by atoms with Gasteiger partial charge in [0.25, 0.3) is 0 Å². The highest BCUT2D eigenvalue weighted by atomic mass is 14.2. The van der Waals surface area contributed by atoms with E-state index >= 15 is 0 Å².